The van der Waals surface area contributed by atoms with E-state index >= 15 is 0 Å². The van der Waals surface area contributed by atoms with Crippen LogP contribution in [0.4, 0.5) is 4.79 Å². The second-order valence-electron chi connectivity index (χ2n) is 8.16. The molecule has 0 aromatic rings. The molecular formula is C16H28N2O5S. The maximum Gasteiger partial charge on any atom is 0.410 e. The third-order valence-corrected chi connectivity index (χ3v) is 6.28. The fourth-order valence-electron chi connectivity index (χ4n) is 3.19. The summed E-state index contributed by atoms with van der Waals surface area (Å²) in [4.78, 5) is 26.3. The van der Waals surface area contributed by atoms with E-state index in [-0.39, 0.29) is 23.3 Å². The molecule has 1 N–H and O–H groups in total. The number of ether oxygens (including phenoxy) is 1. The van der Waals surface area contributed by atoms with E-state index in [1.807, 2.05) is 0 Å². The van der Waals surface area contributed by atoms with Crippen LogP contribution in [0, 0.1) is 5.92 Å². The highest BCUT2D eigenvalue weighted by Gasteiger charge is 2.41. The maximum absolute atomic E-state index is 12.5. The van der Waals surface area contributed by atoms with Gasteiger partial charge in [0.2, 0.25) is 5.91 Å². The number of piperidine rings is 1. The summed E-state index contributed by atoms with van der Waals surface area (Å²) in [6.45, 7) is 8.07. The number of amides is 2. The van der Waals surface area contributed by atoms with Crippen molar-refractivity contribution >= 4 is 21.8 Å². The first-order chi connectivity index (χ1) is 10.9. The van der Waals surface area contributed by atoms with Gasteiger partial charge >= 0.3 is 6.09 Å². The zero-order valence-electron chi connectivity index (χ0n) is 14.9. The van der Waals surface area contributed by atoms with Gasteiger partial charge in [-0.2, -0.15) is 0 Å². The number of hydrogen-bond donors (Lipinski definition) is 1. The van der Waals surface area contributed by atoms with E-state index in [1.54, 1.807) is 32.6 Å². The summed E-state index contributed by atoms with van der Waals surface area (Å²) in [5, 5.41) is 2.89. The maximum atomic E-state index is 12.5. The van der Waals surface area contributed by atoms with E-state index in [9.17, 15) is 18.0 Å². The molecule has 0 unspecified atom stereocenters. The van der Waals surface area contributed by atoms with E-state index in [4.69, 9.17) is 4.74 Å². The summed E-state index contributed by atoms with van der Waals surface area (Å²) in [6.07, 6.45) is 1.44. The van der Waals surface area contributed by atoms with Crippen LogP contribution in [-0.2, 0) is 19.4 Å². The van der Waals surface area contributed by atoms with Crippen molar-refractivity contribution in [1.29, 1.82) is 0 Å². The van der Waals surface area contributed by atoms with E-state index in [0.717, 1.165) is 6.42 Å². The summed E-state index contributed by atoms with van der Waals surface area (Å²) in [7, 11) is -3.07. The Labute approximate surface area is 144 Å². The molecule has 2 rings (SSSR count). The molecule has 2 aliphatic rings. The molecule has 2 fully saturated rings. The molecule has 24 heavy (non-hydrogen) atoms. The third kappa shape index (κ3) is 5.09. The number of hydrogen-bond acceptors (Lipinski definition) is 5. The predicted molar refractivity (Wildman–Crippen MR) is 90.3 cm³/mol. The van der Waals surface area contributed by atoms with Crippen molar-refractivity contribution < 1.29 is 22.7 Å². The van der Waals surface area contributed by atoms with Crippen LogP contribution in [0.15, 0.2) is 0 Å². The SMILES string of the molecule is CC(C)(C)OC(=O)N1CCC[C@@H](C(=O)N[C@@]2(C)CCS(=O)(=O)C2)C1. The molecule has 0 aromatic carbocycles. The van der Waals surface area contributed by atoms with Gasteiger partial charge < -0.3 is 15.0 Å². The molecule has 0 saturated carbocycles. The van der Waals surface area contributed by atoms with Crippen LogP contribution in [0.5, 0.6) is 0 Å². The van der Waals surface area contributed by atoms with Gasteiger partial charge in [0.1, 0.15) is 5.60 Å². The summed E-state index contributed by atoms with van der Waals surface area (Å²) < 4.78 is 28.7. The highest BCUT2D eigenvalue weighted by atomic mass is 32.2. The Kier molecular flexibility index (Phi) is 5.18. The Balaban J connectivity index is 1.94. The molecule has 0 aromatic heterocycles. The van der Waals surface area contributed by atoms with E-state index < -0.39 is 27.1 Å². The lowest BCUT2D eigenvalue weighted by Crippen LogP contribution is -2.53. The Morgan fingerprint density at radius 3 is 2.50 bits per heavy atom. The molecule has 2 amide bonds. The molecule has 138 valence electrons. The van der Waals surface area contributed by atoms with Crippen LogP contribution in [0.2, 0.25) is 0 Å². The summed E-state index contributed by atoms with van der Waals surface area (Å²) in [5.41, 5.74) is -1.28. The molecule has 2 aliphatic heterocycles. The summed E-state index contributed by atoms with van der Waals surface area (Å²) in [6, 6.07) is 0. The Bertz CT molecular complexity index is 610. The quantitative estimate of drug-likeness (QED) is 0.802. The Morgan fingerprint density at radius 2 is 1.96 bits per heavy atom. The van der Waals surface area contributed by atoms with Crippen LogP contribution >= 0.6 is 0 Å². The first-order valence-electron chi connectivity index (χ1n) is 8.40. The Morgan fingerprint density at radius 1 is 1.29 bits per heavy atom. The zero-order valence-corrected chi connectivity index (χ0v) is 15.7. The standard InChI is InChI=1S/C16H28N2O5S/c1-15(2,3)23-14(20)18-8-5-6-12(10-18)13(19)17-16(4)7-9-24(21,22)11-16/h12H,5-11H2,1-4H3,(H,17,19)/t12-,16+/m1/s1. The van der Waals surface area contributed by atoms with Gasteiger partial charge in [-0.15, -0.1) is 0 Å². The second kappa shape index (κ2) is 6.54. The molecule has 0 aliphatic carbocycles. The third-order valence-electron chi connectivity index (χ3n) is 4.37. The van der Waals surface area contributed by atoms with Gasteiger partial charge in [0.15, 0.2) is 9.84 Å². The van der Waals surface area contributed by atoms with Crippen LogP contribution in [0.25, 0.3) is 0 Å². The molecule has 0 bridgehead atoms. The number of nitrogens with zero attached hydrogens (tertiary/aromatic N) is 1. The van der Waals surface area contributed by atoms with Gasteiger partial charge in [0.25, 0.3) is 0 Å². The minimum absolute atomic E-state index is 0.0196. The monoisotopic (exact) mass is 360 g/mol. The smallest absolute Gasteiger partial charge is 0.410 e. The van der Waals surface area contributed by atoms with Gasteiger partial charge in [-0.25, -0.2) is 13.2 Å². The fraction of sp³-hybridized carbons (Fsp3) is 0.875. The molecule has 2 saturated heterocycles. The van der Waals surface area contributed by atoms with Gasteiger partial charge in [-0.1, -0.05) is 0 Å². The Hall–Kier alpha value is -1.31. The lowest BCUT2D eigenvalue weighted by molar-refractivity contribution is -0.128. The minimum atomic E-state index is -3.07. The van der Waals surface area contributed by atoms with Crippen molar-refractivity contribution in [3.63, 3.8) is 0 Å². The van der Waals surface area contributed by atoms with Gasteiger partial charge in [-0.3, -0.25) is 4.79 Å². The molecule has 0 radical (unpaired) electrons. The number of rotatable bonds is 2. The van der Waals surface area contributed by atoms with Crippen molar-refractivity contribution in [2.75, 3.05) is 24.6 Å². The number of carbonyl (C=O) groups excluding carboxylic acids is 2. The van der Waals surface area contributed by atoms with Crippen LogP contribution in [0.1, 0.15) is 47.0 Å². The molecule has 0 spiro atoms. The van der Waals surface area contributed by atoms with Crippen molar-refractivity contribution in [2.45, 2.75) is 58.1 Å². The van der Waals surface area contributed by atoms with Crippen molar-refractivity contribution in [1.82, 2.24) is 10.2 Å². The van der Waals surface area contributed by atoms with Crippen LogP contribution < -0.4 is 5.32 Å². The first-order valence-corrected chi connectivity index (χ1v) is 10.2. The summed E-state index contributed by atoms with van der Waals surface area (Å²) in [5.74, 6) is -0.415. The second-order valence-corrected chi connectivity index (χ2v) is 10.3. The topological polar surface area (TPSA) is 92.8 Å². The van der Waals surface area contributed by atoms with Gasteiger partial charge in [-0.05, 0) is 47.0 Å². The van der Waals surface area contributed by atoms with Crippen molar-refractivity contribution in [3.05, 3.63) is 0 Å². The minimum Gasteiger partial charge on any atom is -0.444 e. The lowest BCUT2D eigenvalue weighted by Gasteiger charge is -2.35. The first kappa shape index (κ1) is 19.0. The highest BCUT2D eigenvalue weighted by molar-refractivity contribution is 7.91. The molecule has 2 heterocycles. The predicted octanol–water partition coefficient (Wildman–Crippen LogP) is 1.33. The van der Waals surface area contributed by atoms with Crippen molar-refractivity contribution in [3.8, 4) is 0 Å². The molecule has 8 heteroatoms. The van der Waals surface area contributed by atoms with E-state index in [0.29, 0.717) is 25.9 Å². The fourth-order valence-corrected chi connectivity index (χ4v) is 5.29. The molecule has 7 nitrogen and oxygen atoms in total. The number of carbonyl (C=O) groups is 2. The van der Waals surface area contributed by atoms with Crippen molar-refractivity contribution in [2.24, 2.45) is 5.92 Å². The number of sulfone groups is 1. The normalized spacial score (nSPS) is 30.0. The largest absolute Gasteiger partial charge is 0.444 e. The molecule has 2 atom stereocenters. The number of likely N-dealkylation sites (tertiary alicyclic amines) is 1. The molecular weight excluding hydrogens is 332 g/mol. The van der Waals surface area contributed by atoms with Gasteiger partial charge in [0.05, 0.1) is 23.0 Å². The highest BCUT2D eigenvalue weighted by Crippen LogP contribution is 2.25. The lowest BCUT2D eigenvalue weighted by atomic mass is 9.94. The number of nitrogens with one attached hydrogen (secondary N) is 1. The average molecular weight is 360 g/mol. The average Bonchev–Trinajstić information content (AvgIpc) is 2.70. The van der Waals surface area contributed by atoms with Crippen LogP contribution in [0.3, 0.4) is 0 Å². The summed E-state index contributed by atoms with van der Waals surface area (Å²) >= 11 is 0. The van der Waals surface area contributed by atoms with E-state index in [2.05, 4.69) is 5.32 Å². The zero-order chi connectivity index (χ0) is 18.2. The van der Waals surface area contributed by atoms with E-state index in [1.165, 1.54) is 0 Å². The van der Waals surface area contributed by atoms with Crippen LogP contribution in [-0.4, -0.2) is 61.1 Å². The van der Waals surface area contributed by atoms with Gasteiger partial charge in [0, 0.05) is 13.1 Å².